The van der Waals surface area contributed by atoms with Gasteiger partial charge in [-0.05, 0) is 13.8 Å². The van der Waals surface area contributed by atoms with Crippen molar-refractivity contribution in [1.29, 1.82) is 0 Å². The highest BCUT2D eigenvalue weighted by molar-refractivity contribution is 5.81. The maximum absolute atomic E-state index is 11.2. The average molecular weight is 206 g/mol. The van der Waals surface area contributed by atoms with Crippen LogP contribution < -0.4 is 0 Å². The molecule has 0 aromatic heterocycles. The van der Waals surface area contributed by atoms with Gasteiger partial charge in [0.15, 0.2) is 5.78 Å². The van der Waals surface area contributed by atoms with E-state index in [1.165, 1.54) is 21.1 Å². The highest BCUT2D eigenvalue weighted by Gasteiger charge is 2.23. The van der Waals surface area contributed by atoms with E-state index in [0.29, 0.717) is 0 Å². The number of Topliss-reactive ketones (excluding diaryl/α,β-unsaturated/α-hetero) is 1. The van der Waals surface area contributed by atoms with Gasteiger partial charge in [-0.15, -0.1) is 0 Å². The van der Waals surface area contributed by atoms with Crippen LogP contribution in [0.5, 0.6) is 0 Å². The number of hydrogen-bond donors (Lipinski definition) is 0. The molecule has 0 saturated heterocycles. The molecule has 0 aromatic rings. The van der Waals surface area contributed by atoms with Gasteiger partial charge >= 0.3 is 0 Å². The van der Waals surface area contributed by atoms with Crippen LogP contribution in [0.25, 0.3) is 0 Å². The van der Waals surface area contributed by atoms with Gasteiger partial charge in [-0.25, -0.2) is 0 Å². The quantitative estimate of drug-likeness (QED) is 0.543. The van der Waals surface area contributed by atoms with Crippen LogP contribution in [-0.2, 0) is 23.7 Å². The second-order valence-corrected chi connectivity index (χ2v) is 2.88. The number of carbonyl (C=O) groups excluding carboxylic acids is 1. The second kappa shape index (κ2) is 7.87. The Labute approximate surface area is 84.3 Å². The van der Waals surface area contributed by atoms with Crippen LogP contribution in [0.2, 0.25) is 0 Å². The summed E-state index contributed by atoms with van der Waals surface area (Å²) in [5.41, 5.74) is 0. The summed E-state index contributed by atoms with van der Waals surface area (Å²) in [6.45, 7) is 3.42. The fraction of sp³-hybridized carbons (Fsp3) is 0.889. The molecule has 0 N–H and O–H groups in total. The summed E-state index contributed by atoms with van der Waals surface area (Å²) >= 11 is 0. The SMILES string of the molecule is COCO[C@@H](C)[C@@H](OCOC)C(C)=O. The minimum absolute atomic E-state index is 0.0743. The fourth-order valence-corrected chi connectivity index (χ4v) is 0.987. The Morgan fingerprint density at radius 1 is 1.14 bits per heavy atom. The molecule has 14 heavy (non-hydrogen) atoms. The molecule has 84 valence electrons. The van der Waals surface area contributed by atoms with Crippen molar-refractivity contribution in [2.24, 2.45) is 0 Å². The standard InChI is InChI=1S/C9H18O5/c1-7(10)9(14-6-12-4)8(2)13-5-11-3/h8-9H,5-6H2,1-4H3/t8-,9-/m0/s1. The van der Waals surface area contributed by atoms with E-state index in [0.717, 1.165) is 0 Å². The predicted octanol–water partition coefficient (Wildman–Crippen LogP) is 0.574. The first kappa shape index (κ1) is 13.5. The Kier molecular flexibility index (Phi) is 7.60. The van der Waals surface area contributed by atoms with Crippen molar-refractivity contribution < 1.29 is 23.7 Å². The third-order valence-electron chi connectivity index (χ3n) is 1.64. The number of methoxy groups -OCH3 is 2. The molecule has 0 radical (unpaired) electrons. The van der Waals surface area contributed by atoms with E-state index in [-0.39, 0.29) is 25.5 Å². The first-order valence-electron chi connectivity index (χ1n) is 4.35. The van der Waals surface area contributed by atoms with Crippen molar-refractivity contribution >= 4 is 5.78 Å². The highest BCUT2D eigenvalue weighted by Crippen LogP contribution is 2.05. The molecular weight excluding hydrogens is 188 g/mol. The molecule has 0 fully saturated rings. The van der Waals surface area contributed by atoms with E-state index in [4.69, 9.17) is 18.9 Å². The summed E-state index contributed by atoms with van der Waals surface area (Å²) in [5.74, 6) is -0.0920. The summed E-state index contributed by atoms with van der Waals surface area (Å²) in [5, 5.41) is 0. The number of rotatable bonds is 8. The van der Waals surface area contributed by atoms with Crippen LogP contribution in [0, 0.1) is 0 Å². The Hall–Kier alpha value is -0.490. The van der Waals surface area contributed by atoms with Gasteiger partial charge in [-0.2, -0.15) is 0 Å². The molecule has 0 rings (SSSR count). The molecule has 5 nitrogen and oxygen atoms in total. The first-order valence-corrected chi connectivity index (χ1v) is 4.35. The van der Waals surface area contributed by atoms with Crippen molar-refractivity contribution in [1.82, 2.24) is 0 Å². The van der Waals surface area contributed by atoms with Crippen molar-refractivity contribution in [3.63, 3.8) is 0 Å². The van der Waals surface area contributed by atoms with Gasteiger partial charge in [0.2, 0.25) is 0 Å². The normalized spacial score (nSPS) is 15.1. The first-order chi connectivity index (χ1) is 6.63. The molecule has 5 heteroatoms. The van der Waals surface area contributed by atoms with E-state index in [1.807, 2.05) is 0 Å². The third-order valence-corrected chi connectivity index (χ3v) is 1.64. The van der Waals surface area contributed by atoms with Crippen molar-refractivity contribution in [3.05, 3.63) is 0 Å². The summed E-state index contributed by atoms with van der Waals surface area (Å²) in [6.07, 6.45) is -0.951. The number of ketones is 1. The Morgan fingerprint density at radius 2 is 1.64 bits per heavy atom. The Bertz CT molecular complexity index is 159. The van der Waals surface area contributed by atoms with E-state index in [2.05, 4.69) is 0 Å². The topological polar surface area (TPSA) is 54.0 Å². The third kappa shape index (κ3) is 5.29. The summed E-state index contributed by atoms with van der Waals surface area (Å²) in [4.78, 5) is 11.2. The molecule has 0 saturated carbocycles. The van der Waals surface area contributed by atoms with Crippen molar-refractivity contribution in [2.75, 3.05) is 27.8 Å². The van der Waals surface area contributed by atoms with Gasteiger partial charge in [0, 0.05) is 14.2 Å². The Balaban J connectivity index is 3.97. The number of carbonyl (C=O) groups is 1. The molecule has 0 unspecified atom stereocenters. The van der Waals surface area contributed by atoms with E-state index < -0.39 is 6.10 Å². The number of ether oxygens (including phenoxy) is 4. The largest absolute Gasteiger partial charge is 0.359 e. The smallest absolute Gasteiger partial charge is 0.161 e. The van der Waals surface area contributed by atoms with Gasteiger partial charge in [-0.3, -0.25) is 4.79 Å². The maximum Gasteiger partial charge on any atom is 0.161 e. The molecule has 0 spiro atoms. The summed E-state index contributed by atoms with van der Waals surface area (Å²) in [7, 11) is 3.02. The minimum atomic E-state index is -0.606. The molecule has 0 bridgehead atoms. The van der Waals surface area contributed by atoms with E-state index in [9.17, 15) is 4.79 Å². The molecule has 0 aliphatic carbocycles. The molecule has 0 aromatic carbocycles. The van der Waals surface area contributed by atoms with Gasteiger partial charge < -0.3 is 18.9 Å². The minimum Gasteiger partial charge on any atom is -0.359 e. The molecule has 0 aliphatic rings. The van der Waals surface area contributed by atoms with Crippen LogP contribution in [0.1, 0.15) is 13.8 Å². The zero-order chi connectivity index (χ0) is 11.0. The fourth-order valence-electron chi connectivity index (χ4n) is 0.987. The second-order valence-electron chi connectivity index (χ2n) is 2.88. The average Bonchev–Trinajstić information content (AvgIpc) is 2.14. The Morgan fingerprint density at radius 3 is 2.07 bits per heavy atom. The van der Waals surface area contributed by atoms with Crippen LogP contribution in [0.3, 0.4) is 0 Å². The lowest BCUT2D eigenvalue weighted by atomic mass is 10.1. The molecular formula is C9H18O5. The lowest BCUT2D eigenvalue weighted by Crippen LogP contribution is -2.36. The van der Waals surface area contributed by atoms with Crippen LogP contribution in [0.15, 0.2) is 0 Å². The van der Waals surface area contributed by atoms with Crippen molar-refractivity contribution in [2.45, 2.75) is 26.1 Å². The molecule has 2 atom stereocenters. The van der Waals surface area contributed by atoms with Gasteiger partial charge in [-0.1, -0.05) is 0 Å². The number of hydrogen-bond acceptors (Lipinski definition) is 5. The summed E-state index contributed by atoms with van der Waals surface area (Å²) < 4.78 is 19.8. The van der Waals surface area contributed by atoms with E-state index in [1.54, 1.807) is 6.92 Å². The van der Waals surface area contributed by atoms with Gasteiger partial charge in [0.25, 0.3) is 0 Å². The lowest BCUT2D eigenvalue weighted by Gasteiger charge is -2.21. The lowest BCUT2D eigenvalue weighted by molar-refractivity contribution is -0.165. The van der Waals surface area contributed by atoms with Gasteiger partial charge in [0.1, 0.15) is 19.7 Å². The predicted molar refractivity (Wildman–Crippen MR) is 49.9 cm³/mol. The van der Waals surface area contributed by atoms with Crippen LogP contribution in [0.4, 0.5) is 0 Å². The van der Waals surface area contributed by atoms with Gasteiger partial charge in [0.05, 0.1) is 6.10 Å². The van der Waals surface area contributed by atoms with Crippen LogP contribution >= 0.6 is 0 Å². The van der Waals surface area contributed by atoms with Crippen molar-refractivity contribution in [3.8, 4) is 0 Å². The van der Waals surface area contributed by atoms with Crippen LogP contribution in [-0.4, -0.2) is 45.8 Å². The zero-order valence-corrected chi connectivity index (χ0v) is 9.11. The molecule has 0 amide bonds. The van der Waals surface area contributed by atoms with E-state index >= 15 is 0 Å². The maximum atomic E-state index is 11.2. The monoisotopic (exact) mass is 206 g/mol. The summed E-state index contributed by atoms with van der Waals surface area (Å²) in [6, 6.07) is 0. The zero-order valence-electron chi connectivity index (χ0n) is 9.11. The highest BCUT2D eigenvalue weighted by atomic mass is 16.7. The molecule has 0 aliphatic heterocycles. The molecule has 0 heterocycles.